The van der Waals surface area contributed by atoms with Crippen LogP contribution in [0.2, 0.25) is 0 Å². The van der Waals surface area contributed by atoms with Gasteiger partial charge in [-0.1, -0.05) is 0 Å². The van der Waals surface area contributed by atoms with Crippen LogP contribution in [0.1, 0.15) is 91.0 Å². The van der Waals surface area contributed by atoms with Gasteiger partial charge in [0, 0.05) is 86.5 Å². The van der Waals surface area contributed by atoms with Crippen LogP contribution < -0.4 is 25.2 Å². The van der Waals surface area contributed by atoms with E-state index in [1.165, 1.54) is 12.1 Å². The molecule has 3 amide bonds. The van der Waals surface area contributed by atoms with Gasteiger partial charge in [0.2, 0.25) is 23.6 Å². The number of hydrogen-bond donors (Lipinski definition) is 2. The molecule has 4 bridgehead atoms. The first-order chi connectivity index (χ1) is 30.9. The predicted octanol–water partition coefficient (Wildman–Crippen LogP) is 6.88. The highest BCUT2D eigenvalue weighted by Gasteiger charge is 2.35. The Balaban J connectivity index is 0.816. The highest BCUT2D eigenvalue weighted by atomic mass is 19.1. The zero-order chi connectivity index (χ0) is 44.4. The van der Waals surface area contributed by atoms with Crippen molar-refractivity contribution in [1.29, 1.82) is 0 Å². The molecule has 16 heteroatoms. The summed E-state index contributed by atoms with van der Waals surface area (Å²) in [4.78, 5) is 54.8. The number of carbonyl (C=O) groups excluding carboxylic acids is 3. The molecule has 5 aromatic rings. The molecule has 10 rings (SSSR count). The molecule has 3 atom stereocenters. The summed E-state index contributed by atoms with van der Waals surface area (Å²) in [7, 11) is 4.10. The molecule has 0 radical (unpaired) electrons. The molecule has 7 heterocycles. The van der Waals surface area contributed by atoms with Crippen molar-refractivity contribution in [3.8, 4) is 17.1 Å². The van der Waals surface area contributed by atoms with Gasteiger partial charge in [-0.2, -0.15) is 5.10 Å². The summed E-state index contributed by atoms with van der Waals surface area (Å²) in [6.45, 7) is 8.33. The van der Waals surface area contributed by atoms with Gasteiger partial charge in [-0.05, 0) is 127 Å². The number of piperidine rings is 3. The average molecular weight is 875 g/mol. The van der Waals surface area contributed by atoms with E-state index in [0.717, 1.165) is 98.3 Å². The number of carbonyl (C=O) groups is 3. The van der Waals surface area contributed by atoms with Gasteiger partial charge in [-0.25, -0.2) is 18.4 Å². The number of imidazole rings is 1. The summed E-state index contributed by atoms with van der Waals surface area (Å²) < 4.78 is 41.2. The number of nitrogens with one attached hydrogen (secondary N) is 2. The molecular weight excluding hydrogens is 819 g/mol. The van der Waals surface area contributed by atoms with Gasteiger partial charge in [-0.3, -0.25) is 30.0 Å². The minimum atomic E-state index is -1.01. The van der Waals surface area contributed by atoms with Crippen molar-refractivity contribution in [2.75, 3.05) is 55.0 Å². The molecule has 4 fully saturated rings. The average Bonchev–Trinajstić information content (AvgIpc) is 3.96. The molecule has 0 unspecified atom stereocenters. The van der Waals surface area contributed by atoms with Gasteiger partial charge in [0.15, 0.2) is 0 Å². The van der Waals surface area contributed by atoms with E-state index in [-0.39, 0.29) is 24.3 Å². The Kier molecular flexibility index (Phi) is 11.1. The zero-order valence-electron chi connectivity index (χ0n) is 37.0. The van der Waals surface area contributed by atoms with E-state index in [9.17, 15) is 14.4 Å². The standard InChI is InChI=1S/C48H56F2N10O4/c1-27-19-31-21-40(51-27)43-28(2)55-57(4)47(43)64-26-30-6-5-29(20-30)25-60-41-24-34(7-9-39(41)52-48(60)54-45(31)62)58-15-11-32(12-16-58)56(3)33-13-17-59(18-14-33)35-22-37(49)44(38(50)23-35)36-8-10-42(61)53-46(36)63/h7,9,19,21-24,29-30,32-33,36H,5-6,8,10-18,20,25-26H2,1-4H3,(H,52,54,62)(H,53,61,63)/t29-,30+,36-/m1/s1. The molecule has 5 aliphatic rings. The molecular formula is C48H56F2N10O4. The number of fused-ring (bicyclic) bond motifs is 9. The number of aryl methyl sites for hydroxylation is 3. The van der Waals surface area contributed by atoms with Crippen LogP contribution in [0.15, 0.2) is 42.5 Å². The number of pyridine rings is 1. The quantitative estimate of drug-likeness (QED) is 0.180. The third kappa shape index (κ3) is 7.98. The number of amides is 3. The summed E-state index contributed by atoms with van der Waals surface area (Å²) in [6, 6.07) is 13.5. The summed E-state index contributed by atoms with van der Waals surface area (Å²) in [6.07, 6.45) is 7.05. The summed E-state index contributed by atoms with van der Waals surface area (Å²) in [5.41, 5.74) is 6.71. The molecule has 14 nitrogen and oxygen atoms in total. The summed E-state index contributed by atoms with van der Waals surface area (Å²) >= 11 is 0. The lowest BCUT2D eigenvalue weighted by molar-refractivity contribution is -0.134. The monoisotopic (exact) mass is 874 g/mol. The zero-order valence-corrected chi connectivity index (χ0v) is 37.0. The van der Waals surface area contributed by atoms with Gasteiger partial charge in [0.25, 0.3) is 5.91 Å². The van der Waals surface area contributed by atoms with Crippen LogP contribution in [0.4, 0.5) is 26.1 Å². The summed E-state index contributed by atoms with van der Waals surface area (Å²) in [5, 5.41) is 10.1. The second-order valence-electron chi connectivity index (χ2n) is 18.7. The third-order valence-corrected chi connectivity index (χ3v) is 14.6. The van der Waals surface area contributed by atoms with Crippen molar-refractivity contribution in [3.63, 3.8) is 0 Å². The molecule has 3 aromatic heterocycles. The molecule has 0 spiro atoms. The number of nitrogens with zero attached hydrogens (tertiary/aromatic N) is 8. The van der Waals surface area contributed by atoms with Crippen molar-refractivity contribution in [2.24, 2.45) is 18.9 Å². The maximum absolute atomic E-state index is 15.3. The predicted molar refractivity (Wildman–Crippen MR) is 240 cm³/mol. The molecule has 1 aliphatic carbocycles. The van der Waals surface area contributed by atoms with Crippen LogP contribution in [-0.2, 0) is 23.2 Å². The minimum absolute atomic E-state index is 0.0597. The molecule has 2 aromatic carbocycles. The number of halogens is 2. The normalized spacial score (nSPS) is 22.5. The van der Waals surface area contributed by atoms with E-state index in [0.29, 0.717) is 72.4 Å². The second-order valence-corrected chi connectivity index (χ2v) is 18.7. The van der Waals surface area contributed by atoms with E-state index in [2.05, 4.69) is 55.3 Å². The third-order valence-electron chi connectivity index (χ3n) is 14.6. The Morgan fingerprint density at radius 3 is 2.19 bits per heavy atom. The Labute approximate surface area is 371 Å². The fourth-order valence-corrected chi connectivity index (χ4v) is 11.2. The van der Waals surface area contributed by atoms with Crippen molar-refractivity contribution in [2.45, 2.75) is 96.2 Å². The lowest BCUT2D eigenvalue weighted by Gasteiger charge is -2.44. The Bertz CT molecular complexity index is 2620. The van der Waals surface area contributed by atoms with Gasteiger partial charge < -0.3 is 24.0 Å². The van der Waals surface area contributed by atoms with E-state index in [4.69, 9.17) is 14.7 Å². The van der Waals surface area contributed by atoms with Crippen LogP contribution in [0.3, 0.4) is 0 Å². The molecule has 3 saturated heterocycles. The Hall–Kier alpha value is -5.90. The smallest absolute Gasteiger partial charge is 0.258 e. The maximum atomic E-state index is 15.3. The minimum Gasteiger partial charge on any atom is -0.477 e. The molecule has 4 aliphatic heterocycles. The highest BCUT2D eigenvalue weighted by molar-refractivity contribution is 6.05. The molecule has 64 heavy (non-hydrogen) atoms. The van der Waals surface area contributed by atoms with Crippen molar-refractivity contribution in [3.05, 3.63) is 76.6 Å². The summed E-state index contributed by atoms with van der Waals surface area (Å²) in [5.74, 6) is -1.79. The van der Waals surface area contributed by atoms with Crippen molar-refractivity contribution in [1.82, 2.24) is 34.5 Å². The Morgan fingerprint density at radius 2 is 1.48 bits per heavy atom. The van der Waals surface area contributed by atoms with Gasteiger partial charge >= 0.3 is 0 Å². The van der Waals surface area contributed by atoms with Crippen LogP contribution in [0.5, 0.6) is 5.88 Å². The number of rotatable bonds is 5. The van der Waals surface area contributed by atoms with Crippen LogP contribution >= 0.6 is 0 Å². The fraction of sp³-hybridized carbons (Fsp3) is 0.500. The highest BCUT2D eigenvalue weighted by Crippen LogP contribution is 2.39. The van der Waals surface area contributed by atoms with E-state index >= 15 is 8.78 Å². The van der Waals surface area contributed by atoms with Gasteiger partial charge in [-0.15, -0.1) is 0 Å². The SMILES string of the molecule is Cc1cc2cc(n1)-c1c(C)nn(C)c1OC[C@H]1CC[C@H](C1)Cn1c(nc3ccc(N4CCC(N(C)C5CCN(c6cc(F)c([C@H]7CCC(=O)NC7=O)c(F)c6)CC5)CC4)cc31)NC2=O. The fourth-order valence-electron chi connectivity index (χ4n) is 11.2. The van der Waals surface area contributed by atoms with Gasteiger partial charge in [0.1, 0.15) is 11.6 Å². The van der Waals surface area contributed by atoms with Crippen LogP contribution in [0, 0.1) is 37.3 Å². The van der Waals surface area contributed by atoms with E-state index in [1.54, 1.807) is 10.7 Å². The molecule has 2 N–H and O–H groups in total. The van der Waals surface area contributed by atoms with Crippen molar-refractivity contribution < 1.29 is 27.9 Å². The number of hydrogen-bond acceptors (Lipinski definition) is 10. The second kappa shape index (κ2) is 16.9. The first-order valence-electron chi connectivity index (χ1n) is 22.9. The lowest BCUT2D eigenvalue weighted by atomic mass is 9.89. The van der Waals surface area contributed by atoms with Gasteiger partial charge in [0.05, 0.1) is 40.5 Å². The number of imide groups is 1. The van der Waals surface area contributed by atoms with E-state index in [1.807, 2.05) is 31.9 Å². The van der Waals surface area contributed by atoms with E-state index < -0.39 is 29.4 Å². The number of ether oxygens (including phenoxy) is 1. The topological polar surface area (TPSA) is 143 Å². The largest absolute Gasteiger partial charge is 0.477 e. The number of anilines is 3. The molecule has 1 saturated carbocycles. The lowest BCUT2D eigenvalue weighted by Crippen LogP contribution is -2.50. The molecule has 336 valence electrons. The number of aromatic nitrogens is 5. The van der Waals surface area contributed by atoms with Crippen molar-refractivity contribution >= 4 is 46.1 Å². The Morgan fingerprint density at radius 1 is 0.797 bits per heavy atom. The van der Waals surface area contributed by atoms with Crippen LogP contribution in [-0.4, -0.2) is 98.9 Å². The van der Waals surface area contributed by atoms with Crippen LogP contribution in [0.25, 0.3) is 22.3 Å². The number of benzene rings is 2. The first kappa shape index (κ1) is 42.1. The maximum Gasteiger partial charge on any atom is 0.258 e. The first-order valence-corrected chi connectivity index (χ1v) is 22.9.